The number of nitrogens with one attached hydrogen (secondary N) is 1. The summed E-state index contributed by atoms with van der Waals surface area (Å²) in [6, 6.07) is 6.41. The van der Waals surface area contributed by atoms with Gasteiger partial charge >= 0.3 is 0 Å². The second kappa shape index (κ2) is 4.98. The van der Waals surface area contributed by atoms with Crippen molar-refractivity contribution in [2.24, 2.45) is 0 Å². The van der Waals surface area contributed by atoms with E-state index in [0.29, 0.717) is 0 Å². The lowest BCUT2D eigenvalue weighted by atomic mass is 9.87. The Bertz CT molecular complexity index is 838. The molecule has 0 saturated carbocycles. The molecule has 1 aliphatic rings. The third kappa shape index (κ3) is 2.07. The topological polar surface area (TPSA) is 81.1 Å². The van der Waals surface area contributed by atoms with Gasteiger partial charge in [0.15, 0.2) is 5.82 Å². The quantitative estimate of drug-likeness (QED) is 0.710. The second-order valence-corrected chi connectivity index (χ2v) is 5.76. The van der Waals surface area contributed by atoms with Crippen molar-refractivity contribution in [2.75, 3.05) is 11.1 Å². The summed E-state index contributed by atoms with van der Waals surface area (Å²) < 4.78 is 1.95. The van der Waals surface area contributed by atoms with Gasteiger partial charge in [-0.2, -0.15) is 0 Å². The molecule has 0 radical (unpaired) electrons. The van der Waals surface area contributed by atoms with Crippen LogP contribution in [0.4, 0.5) is 11.5 Å². The van der Waals surface area contributed by atoms with Crippen molar-refractivity contribution < 1.29 is 0 Å². The van der Waals surface area contributed by atoms with Gasteiger partial charge in [0.05, 0.1) is 6.04 Å². The van der Waals surface area contributed by atoms with Crippen molar-refractivity contribution >= 4 is 17.2 Å². The lowest BCUT2D eigenvalue weighted by Crippen LogP contribution is -2.18. The minimum Gasteiger partial charge on any atom is -0.399 e. The molecule has 0 bridgehead atoms. The van der Waals surface area contributed by atoms with Gasteiger partial charge in [-0.15, -0.1) is 10.2 Å². The largest absolute Gasteiger partial charge is 0.399 e. The summed E-state index contributed by atoms with van der Waals surface area (Å²) in [4.78, 5) is 4.45. The van der Waals surface area contributed by atoms with E-state index in [1.807, 2.05) is 23.6 Å². The molecule has 112 valence electrons. The second-order valence-electron chi connectivity index (χ2n) is 5.76. The third-order valence-corrected chi connectivity index (χ3v) is 4.29. The maximum Gasteiger partial charge on any atom is 0.203 e. The van der Waals surface area contributed by atoms with E-state index in [1.165, 1.54) is 11.1 Å². The maximum atomic E-state index is 5.90. The molecule has 6 heteroatoms. The van der Waals surface area contributed by atoms with Crippen LogP contribution in [0.5, 0.6) is 0 Å². The van der Waals surface area contributed by atoms with Crippen molar-refractivity contribution in [3.8, 4) is 0 Å². The van der Waals surface area contributed by atoms with E-state index in [-0.39, 0.29) is 6.04 Å². The molecular formula is C16H18N6. The zero-order chi connectivity index (χ0) is 15.1. The Labute approximate surface area is 128 Å². The lowest BCUT2D eigenvalue weighted by molar-refractivity contribution is 0.599. The molecule has 0 fully saturated rings. The number of anilines is 2. The van der Waals surface area contributed by atoms with Gasteiger partial charge in [-0.1, -0.05) is 6.07 Å². The van der Waals surface area contributed by atoms with Crippen LogP contribution in [0.25, 0.3) is 5.65 Å². The van der Waals surface area contributed by atoms with E-state index >= 15 is 0 Å². The first kappa shape index (κ1) is 13.1. The molecule has 2 aromatic heterocycles. The monoisotopic (exact) mass is 294 g/mol. The number of nitrogen functional groups attached to an aromatic ring is 1. The molecule has 3 N–H and O–H groups in total. The molecule has 3 aromatic rings. The first-order valence-corrected chi connectivity index (χ1v) is 7.53. The minimum atomic E-state index is 0.236. The van der Waals surface area contributed by atoms with Crippen molar-refractivity contribution in [3.05, 3.63) is 47.5 Å². The molecule has 1 aromatic carbocycles. The van der Waals surface area contributed by atoms with Gasteiger partial charge < -0.3 is 11.1 Å². The number of benzene rings is 1. The summed E-state index contributed by atoms with van der Waals surface area (Å²) in [5, 5.41) is 11.9. The van der Waals surface area contributed by atoms with Crippen molar-refractivity contribution in [1.82, 2.24) is 19.6 Å². The summed E-state index contributed by atoms with van der Waals surface area (Å²) in [5.41, 5.74) is 10.1. The molecule has 22 heavy (non-hydrogen) atoms. The fourth-order valence-corrected chi connectivity index (χ4v) is 3.19. The Hall–Kier alpha value is -2.63. The number of aromatic nitrogens is 4. The predicted molar refractivity (Wildman–Crippen MR) is 85.7 cm³/mol. The number of fused-ring (bicyclic) bond motifs is 2. The fourth-order valence-electron chi connectivity index (χ4n) is 3.19. The van der Waals surface area contributed by atoms with Crippen LogP contribution in [0, 0.1) is 6.92 Å². The molecular weight excluding hydrogens is 276 g/mol. The molecule has 2 heterocycles. The van der Waals surface area contributed by atoms with Gasteiger partial charge in [0.2, 0.25) is 5.65 Å². The first-order valence-electron chi connectivity index (χ1n) is 7.53. The Morgan fingerprint density at radius 1 is 1.32 bits per heavy atom. The third-order valence-electron chi connectivity index (χ3n) is 4.29. The molecule has 1 aliphatic carbocycles. The minimum absolute atomic E-state index is 0.236. The Balaban J connectivity index is 1.72. The summed E-state index contributed by atoms with van der Waals surface area (Å²) in [6.07, 6.45) is 6.96. The highest BCUT2D eigenvalue weighted by atomic mass is 15.3. The van der Waals surface area contributed by atoms with Crippen LogP contribution in [0.3, 0.4) is 0 Å². The number of nitrogens with zero attached hydrogens (tertiary/aromatic N) is 4. The normalized spacial score (nSPS) is 17.4. The lowest BCUT2D eigenvalue weighted by Gasteiger charge is -2.27. The van der Waals surface area contributed by atoms with E-state index in [4.69, 9.17) is 5.73 Å². The molecule has 0 saturated heterocycles. The van der Waals surface area contributed by atoms with Gasteiger partial charge in [0.1, 0.15) is 5.82 Å². The van der Waals surface area contributed by atoms with Crippen molar-refractivity contribution in [3.63, 3.8) is 0 Å². The SMILES string of the molecule is Cc1nnc2c(NC3CCCc4cc(N)ccc43)nccn12. The zero-order valence-electron chi connectivity index (χ0n) is 12.5. The van der Waals surface area contributed by atoms with Gasteiger partial charge in [-0.3, -0.25) is 4.40 Å². The standard InChI is InChI=1S/C16H18N6/c1-10-20-21-16-15(18-7-8-22(10)16)19-14-4-2-3-11-9-12(17)5-6-13(11)14/h5-9,14H,2-4,17H2,1H3,(H,18,19). The molecule has 1 unspecified atom stereocenters. The first-order chi connectivity index (χ1) is 10.7. The van der Waals surface area contributed by atoms with Gasteiger partial charge in [-0.05, 0) is 49.4 Å². The van der Waals surface area contributed by atoms with Crippen LogP contribution < -0.4 is 11.1 Å². The highest BCUT2D eigenvalue weighted by molar-refractivity contribution is 5.63. The highest BCUT2D eigenvalue weighted by Crippen LogP contribution is 2.33. The smallest absolute Gasteiger partial charge is 0.203 e. The van der Waals surface area contributed by atoms with Crippen LogP contribution in [0.2, 0.25) is 0 Å². The van der Waals surface area contributed by atoms with Crippen LogP contribution in [-0.4, -0.2) is 19.6 Å². The van der Waals surface area contributed by atoms with Crippen LogP contribution in [0.15, 0.2) is 30.6 Å². The molecule has 1 atom stereocenters. The van der Waals surface area contributed by atoms with Crippen LogP contribution >= 0.6 is 0 Å². The number of hydrogen-bond acceptors (Lipinski definition) is 5. The van der Waals surface area contributed by atoms with Crippen molar-refractivity contribution in [2.45, 2.75) is 32.2 Å². The molecule has 0 spiro atoms. The van der Waals surface area contributed by atoms with E-state index in [0.717, 1.165) is 42.2 Å². The van der Waals surface area contributed by atoms with Gasteiger partial charge in [0, 0.05) is 18.1 Å². The number of nitrogens with two attached hydrogens (primary N) is 1. The van der Waals surface area contributed by atoms with Crippen molar-refractivity contribution in [1.29, 1.82) is 0 Å². The molecule has 6 nitrogen and oxygen atoms in total. The van der Waals surface area contributed by atoms with Crippen LogP contribution in [0.1, 0.15) is 35.8 Å². The zero-order valence-corrected chi connectivity index (χ0v) is 12.5. The van der Waals surface area contributed by atoms with E-state index < -0.39 is 0 Å². The predicted octanol–water partition coefficient (Wildman–Crippen LogP) is 2.50. The number of rotatable bonds is 2. The van der Waals surface area contributed by atoms with Crippen LogP contribution in [-0.2, 0) is 6.42 Å². The molecule has 0 amide bonds. The Morgan fingerprint density at radius 2 is 2.23 bits per heavy atom. The number of aryl methyl sites for hydroxylation is 2. The summed E-state index contributed by atoms with van der Waals surface area (Å²) in [7, 11) is 0. The number of hydrogen-bond donors (Lipinski definition) is 2. The van der Waals surface area contributed by atoms with E-state index in [1.54, 1.807) is 6.20 Å². The highest BCUT2D eigenvalue weighted by Gasteiger charge is 2.21. The Morgan fingerprint density at radius 3 is 3.14 bits per heavy atom. The molecule has 4 rings (SSSR count). The van der Waals surface area contributed by atoms with Gasteiger partial charge in [0.25, 0.3) is 0 Å². The van der Waals surface area contributed by atoms with E-state index in [2.05, 4.69) is 32.6 Å². The summed E-state index contributed by atoms with van der Waals surface area (Å²) in [6.45, 7) is 1.93. The van der Waals surface area contributed by atoms with E-state index in [9.17, 15) is 0 Å². The summed E-state index contributed by atoms with van der Waals surface area (Å²) >= 11 is 0. The fraction of sp³-hybridized carbons (Fsp3) is 0.312. The average molecular weight is 294 g/mol. The summed E-state index contributed by atoms with van der Waals surface area (Å²) in [5.74, 6) is 1.63. The maximum absolute atomic E-state index is 5.90. The van der Waals surface area contributed by atoms with Gasteiger partial charge in [-0.25, -0.2) is 4.98 Å². The Kier molecular flexibility index (Phi) is 2.96. The average Bonchev–Trinajstić information content (AvgIpc) is 2.90. The molecule has 0 aliphatic heterocycles.